The number of hydrogen-bond acceptors (Lipinski definition) is 7. The zero-order valence-electron chi connectivity index (χ0n) is 15.2. The fourth-order valence-electron chi connectivity index (χ4n) is 3.74. The number of quaternary nitrogens is 1. The van der Waals surface area contributed by atoms with Crippen LogP contribution in [0.1, 0.15) is 24.2 Å². The lowest BCUT2D eigenvalue weighted by molar-refractivity contribution is -0.857. The molecule has 1 aromatic rings. The molecule has 0 spiro atoms. The molecule has 2 heterocycles. The van der Waals surface area contributed by atoms with Crippen molar-refractivity contribution in [3.63, 3.8) is 0 Å². The summed E-state index contributed by atoms with van der Waals surface area (Å²) in [6, 6.07) is 2.28. The molecule has 3 rings (SSSR count). The van der Waals surface area contributed by atoms with Gasteiger partial charge in [0.05, 0.1) is 19.0 Å². The van der Waals surface area contributed by atoms with Gasteiger partial charge in [0.25, 0.3) is 5.91 Å². The molecule has 2 aliphatic heterocycles. The minimum Gasteiger partial charge on any atom is -0.624 e. The van der Waals surface area contributed by atoms with E-state index in [1.54, 1.807) is 32.0 Å². The normalized spacial score (nSPS) is 30.9. The molecule has 146 valence electrons. The Morgan fingerprint density at radius 1 is 1.26 bits per heavy atom. The van der Waals surface area contributed by atoms with Crippen LogP contribution in [0.5, 0.6) is 11.5 Å². The van der Waals surface area contributed by atoms with Gasteiger partial charge >= 0.3 is 11.9 Å². The number of nitrogens with one attached hydrogen (secondary N) is 1. The van der Waals surface area contributed by atoms with E-state index in [1.165, 1.54) is 14.2 Å². The number of hydrogen-bond donors (Lipinski definition) is 2. The fourth-order valence-corrected chi connectivity index (χ4v) is 5.46. The number of carboxylic acid groups (broad SMARTS) is 1. The number of carboxylic acids is 1. The average Bonchev–Trinajstić information content (AvgIpc) is 2.82. The van der Waals surface area contributed by atoms with Crippen molar-refractivity contribution < 1.29 is 33.6 Å². The van der Waals surface area contributed by atoms with Crippen LogP contribution in [0.25, 0.3) is 0 Å². The number of β-lactam (4-membered cyclic amide) rings is 1. The van der Waals surface area contributed by atoms with E-state index in [9.17, 15) is 24.7 Å². The number of carbonyl (C=O) groups is 3. The maximum Gasteiger partial charge on any atom is 0.364 e. The first-order chi connectivity index (χ1) is 12.6. The fraction of sp³-hybridized carbons (Fsp3) is 0.471. The van der Waals surface area contributed by atoms with Gasteiger partial charge in [0.15, 0.2) is 5.37 Å². The molecular weight excluding hydrogens is 376 g/mol. The number of thioether (sulfide) groups is 1. The summed E-state index contributed by atoms with van der Waals surface area (Å²) in [5.74, 6) is -2.32. The number of benzene rings is 1. The van der Waals surface area contributed by atoms with Crippen molar-refractivity contribution in [3.8, 4) is 11.5 Å². The summed E-state index contributed by atoms with van der Waals surface area (Å²) < 4.78 is 7.95. The molecule has 27 heavy (non-hydrogen) atoms. The van der Waals surface area contributed by atoms with Crippen LogP contribution in [0.15, 0.2) is 18.2 Å². The van der Waals surface area contributed by atoms with Crippen molar-refractivity contribution in [2.75, 3.05) is 14.2 Å². The van der Waals surface area contributed by atoms with Crippen molar-refractivity contribution >= 4 is 29.5 Å². The van der Waals surface area contributed by atoms with Gasteiger partial charge in [0, 0.05) is 0 Å². The number of amides is 2. The molecule has 0 aromatic heterocycles. The Kier molecular flexibility index (Phi) is 4.61. The summed E-state index contributed by atoms with van der Waals surface area (Å²) in [5.41, 5.74) is 0.100. The highest BCUT2D eigenvalue weighted by Crippen LogP contribution is 2.56. The van der Waals surface area contributed by atoms with Crippen LogP contribution < -0.4 is 14.8 Å². The van der Waals surface area contributed by atoms with E-state index >= 15 is 0 Å². The Balaban J connectivity index is 1.89. The summed E-state index contributed by atoms with van der Waals surface area (Å²) in [5, 5.41) is 24.1. The predicted molar refractivity (Wildman–Crippen MR) is 96.3 cm³/mol. The maximum absolute atomic E-state index is 13.0. The van der Waals surface area contributed by atoms with E-state index in [-0.39, 0.29) is 17.1 Å². The molecular formula is C17H20N2O7S. The average molecular weight is 396 g/mol. The largest absolute Gasteiger partial charge is 0.624 e. The number of ether oxygens (including phenoxy) is 2. The van der Waals surface area contributed by atoms with Gasteiger partial charge in [-0.3, -0.25) is 9.44 Å². The molecule has 4 atom stereocenters. The van der Waals surface area contributed by atoms with Crippen molar-refractivity contribution in [2.45, 2.75) is 36.1 Å². The summed E-state index contributed by atoms with van der Waals surface area (Å²) >= 11 is 1.10. The third kappa shape index (κ3) is 2.67. The second-order valence-corrected chi connectivity index (χ2v) is 8.66. The van der Waals surface area contributed by atoms with Crippen molar-refractivity contribution in [3.05, 3.63) is 29.0 Å². The van der Waals surface area contributed by atoms with Gasteiger partial charge in [0.1, 0.15) is 17.1 Å². The third-order valence-corrected chi connectivity index (χ3v) is 6.57. The summed E-state index contributed by atoms with van der Waals surface area (Å²) in [6.45, 7) is 3.23. The first-order valence-electron chi connectivity index (χ1n) is 8.16. The second-order valence-electron chi connectivity index (χ2n) is 6.89. The molecule has 9 nitrogen and oxygen atoms in total. The number of hydroxylamine groups is 3. The number of aliphatic carboxylic acids is 1. The molecule has 2 aliphatic rings. The third-order valence-electron chi connectivity index (χ3n) is 4.92. The number of rotatable bonds is 5. The minimum atomic E-state index is -1.47. The van der Waals surface area contributed by atoms with Gasteiger partial charge in [-0.15, -0.1) is 0 Å². The van der Waals surface area contributed by atoms with Crippen LogP contribution in [0.3, 0.4) is 0 Å². The number of carbonyl (C=O) groups excluding carboxylic acids is 2. The van der Waals surface area contributed by atoms with Gasteiger partial charge in [-0.1, -0.05) is 17.8 Å². The summed E-state index contributed by atoms with van der Waals surface area (Å²) in [4.78, 5) is 36.9. The molecule has 2 fully saturated rings. The Bertz CT molecular complexity index is 805. The first kappa shape index (κ1) is 19.5. The zero-order valence-corrected chi connectivity index (χ0v) is 16.0. The van der Waals surface area contributed by atoms with Gasteiger partial charge in [-0.25, -0.2) is 9.59 Å². The molecule has 2 N–H and O–H groups in total. The van der Waals surface area contributed by atoms with Gasteiger partial charge in [-0.2, -0.15) is 0 Å². The molecule has 2 saturated heterocycles. The van der Waals surface area contributed by atoms with Crippen LogP contribution in [-0.4, -0.2) is 64.0 Å². The Labute approximate surface area is 159 Å². The van der Waals surface area contributed by atoms with Crippen molar-refractivity contribution in [2.24, 2.45) is 0 Å². The quantitative estimate of drug-likeness (QED) is 0.428. The van der Waals surface area contributed by atoms with Crippen LogP contribution in [0.2, 0.25) is 0 Å². The van der Waals surface area contributed by atoms with Crippen LogP contribution in [0.4, 0.5) is 0 Å². The second kappa shape index (κ2) is 6.39. The van der Waals surface area contributed by atoms with E-state index in [0.717, 1.165) is 11.8 Å². The Hall–Kier alpha value is -2.30. The zero-order chi connectivity index (χ0) is 20.1. The highest BCUT2D eigenvalue weighted by Gasteiger charge is 2.74. The molecule has 0 saturated carbocycles. The summed E-state index contributed by atoms with van der Waals surface area (Å²) in [7, 11) is 2.79. The van der Waals surface area contributed by atoms with E-state index in [1.807, 2.05) is 0 Å². The van der Waals surface area contributed by atoms with E-state index < -0.39 is 44.6 Å². The van der Waals surface area contributed by atoms with Crippen LogP contribution in [-0.2, 0) is 9.59 Å². The molecule has 1 aromatic carbocycles. The SMILES string of the molecule is COc1cccc(OC)c1C(=O)N[C@@H]1C(=O)[N+]2([O-])[C@@H]1SC(C)(C)[C@@H]2C(=O)O. The van der Waals surface area contributed by atoms with E-state index in [0.29, 0.717) is 0 Å². The molecule has 0 aliphatic carbocycles. The monoisotopic (exact) mass is 396 g/mol. The molecule has 0 bridgehead atoms. The molecule has 1 unspecified atom stereocenters. The van der Waals surface area contributed by atoms with Crippen molar-refractivity contribution in [1.29, 1.82) is 0 Å². The first-order valence-corrected chi connectivity index (χ1v) is 9.03. The Morgan fingerprint density at radius 3 is 2.30 bits per heavy atom. The minimum absolute atomic E-state index is 0.100. The predicted octanol–water partition coefficient (Wildman–Crippen LogP) is 0.962. The maximum atomic E-state index is 13.0. The molecule has 10 heteroatoms. The standard InChI is InChI=1S/C17H20N2O7S/c1-17(2)12(16(22)23)19(24)14(21)11(15(19)27-17)18-13(20)10-8(25-3)6-5-7-9(10)26-4/h5-7,11-12,15H,1-4H3,(H,18,20)(H,22,23)/t11-,12+,15-,19?/m1/s1. The van der Waals surface area contributed by atoms with E-state index in [2.05, 4.69) is 5.32 Å². The smallest absolute Gasteiger partial charge is 0.364 e. The number of methoxy groups -OCH3 is 2. The Morgan fingerprint density at radius 2 is 1.81 bits per heavy atom. The van der Waals surface area contributed by atoms with Crippen LogP contribution >= 0.6 is 11.8 Å². The highest BCUT2D eigenvalue weighted by atomic mass is 32.2. The highest BCUT2D eigenvalue weighted by molar-refractivity contribution is 8.01. The van der Waals surface area contributed by atoms with Gasteiger partial charge in [0.2, 0.25) is 12.1 Å². The van der Waals surface area contributed by atoms with Crippen LogP contribution in [0, 0.1) is 5.21 Å². The summed E-state index contributed by atoms with van der Waals surface area (Å²) in [6.07, 6.45) is 0. The van der Waals surface area contributed by atoms with Gasteiger partial charge < -0.3 is 25.1 Å². The van der Waals surface area contributed by atoms with Crippen molar-refractivity contribution in [1.82, 2.24) is 5.32 Å². The number of nitrogens with zero attached hydrogens (tertiary/aromatic N) is 1. The lowest BCUT2D eigenvalue weighted by Crippen LogP contribution is -2.79. The topological polar surface area (TPSA) is 125 Å². The number of fused-ring (bicyclic) bond motifs is 1. The van der Waals surface area contributed by atoms with Gasteiger partial charge in [-0.05, 0) is 26.0 Å². The lowest BCUT2D eigenvalue weighted by Gasteiger charge is -2.54. The molecule has 0 radical (unpaired) electrons. The van der Waals surface area contributed by atoms with E-state index in [4.69, 9.17) is 9.47 Å². The lowest BCUT2D eigenvalue weighted by atomic mass is 9.94. The molecule has 2 amide bonds.